The first-order chi connectivity index (χ1) is 13.4. The smallest absolute Gasteiger partial charge is 0.350 e. The van der Waals surface area contributed by atoms with Crippen LogP contribution in [0.3, 0.4) is 0 Å². The second-order valence-electron chi connectivity index (χ2n) is 6.66. The van der Waals surface area contributed by atoms with E-state index in [2.05, 4.69) is 15.5 Å². The van der Waals surface area contributed by atoms with Crippen molar-refractivity contribution in [3.63, 3.8) is 0 Å². The van der Waals surface area contributed by atoms with Crippen LogP contribution in [0.2, 0.25) is 10.0 Å². The van der Waals surface area contributed by atoms with Gasteiger partial charge in [-0.1, -0.05) is 47.5 Å². The zero-order chi connectivity index (χ0) is 19.8. The molecule has 4 rings (SSSR count). The Balaban J connectivity index is 2.09. The molecule has 0 aliphatic rings. The Morgan fingerprint density at radius 2 is 1.54 bits per heavy atom. The van der Waals surface area contributed by atoms with Gasteiger partial charge in [0.1, 0.15) is 0 Å². The molecule has 142 valence electrons. The molecule has 0 aliphatic heterocycles. The zero-order valence-electron chi connectivity index (χ0n) is 15.2. The molecule has 28 heavy (non-hydrogen) atoms. The summed E-state index contributed by atoms with van der Waals surface area (Å²) < 4.78 is 1.45. The molecule has 2 N–H and O–H groups in total. The van der Waals surface area contributed by atoms with Crippen LogP contribution < -0.4 is 11.0 Å². The lowest BCUT2D eigenvalue weighted by atomic mass is 10.00. The summed E-state index contributed by atoms with van der Waals surface area (Å²) in [5.74, 6) is 0.423. The van der Waals surface area contributed by atoms with Crippen molar-refractivity contribution in [1.82, 2.24) is 19.6 Å². The van der Waals surface area contributed by atoms with Gasteiger partial charge in [-0.3, -0.25) is 0 Å². The third kappa shape index (κ3) is 3.37. The highest BCUT2D eigenvalue weighted by Crippen LogP contribution is 2.35. The molecule has 0 amide bonds. The molecule has 2 aromatic heterocycles. The van der Waals surface area contributed by atoms with Crippen LogP contribution in [0.1, 0.15) is 13.8 Å². The predicted octanol–water partition coefficient (Wildman–Crippen LogP) is 4.88. The second kappa shape index (κ2) is 7.30. The summed E-state index contributed by atoms with van der Waals surface area (Å²) in [6, 6.07) is 14.8. The molecule has 0 fully saturated rings. The highest BCUT2D eigenvalue weighted by molar-refractivity contribution is 6.31. The summed E-state index contributed by atoms with van der Waals surface area (Å²) in [6.07, 6.45) is 0. The fourth-order valence-corrected chi connectivity index (χ4v) is 3.28. The summed E-state index contributed by atoms with van der Waals surface area (Å²) >= 11 is 12.1. The van der Waals surface area contributed by atoms with Crippen LogP contribution in [0, 0.1) is 0 Å². The Kier molecular flexibility index (Phi) is 4.83. The molecule has 6 nitrogen and oxygen atoms in total. The number of aromatic amines is 1. The highest BCUT2D eigenvalue weighted by atomic mass is 35.5. The molecule has 0 spiro atoms. The van der Waals surface area contributed by atoms with Crippen molar-refractivity contribution in [1.29, 1.82) is 0 Å². The Morgan fingerprint density at radius 1 is 0.964 bits per heavy atom. The van der Waals surface area contributed by atoms with E-state index in [1.807, 2.05) is 38.1 Å². The monoisotopic (exact) mass is 413 g/mol. The maximum absolute atomic E-state index is 12.4. The van der Waals surface area contributed by atoms with E-state index in [1.54, 1.807) is 24.3 Å². The van der Waals surface area contributed by atoms with Crippen LogP contribution in [0.5, 0.6) is 0 Å². The molecule has 0 bridgehead atoms. The number of rotatable bonds is 4. The first-order valence-electron chi connectivity index (χ1n) is 8.73. The maximum atomic E-state index is 12.4. The van der Waals surface area contributed by atoms with Gasteiger partial charge in [-0.05, 0) is 43.7 Å². The van der Waals surface area contributed by atoms with E-state index < -0.39 is 0 Å². The number of fused-ring (bicyclic) bond motifs is 1. The molecule has 0 saturated heterocycles. The molecule has 0 unspecified atom stereocenters. The van der Waals surface area contributed by atoms with Gasteiger partial charge in [0.2, 0.25) is 5.95 Å². The molecule has 8 heteroatoms. The summed E-state index contributed by atoms with van der Waals surface area (Å²) in [7, 11) is 0. The number of anilines is 1. The molecular formula is C20H17Cl2N5O. The van der Waals surface area contributed by atoms with Gasteiger partial charge in [0, 0.05) is 21.7 Å². The second-order valence-corrected chi connectivity index (χ2v) is 7.53. The van der Waals surface area contributed by atoms with Crippen LogP contribution in [0.4, 0.5) is 5.95 Å². The van der Waals surface area contributed by atoms with E-state index in [0.29, 0.717) is 27.3 Å². The van der Waals surface area contributed by atoms with Gasteiger partial charge in [-0.2, -0.15) is 5.10 Å². The van der Waals surface area contributed by atoms with Gasteiger partial charge in [0.25, 0.3) is 0 Å². The van der Waals surface area contributed by atoms with Crippen LogP contribution in [0.15, 0.2) is 53.3 Å². The van der Waals surface area contributed by atoms with E-state index in [4.69, 9.17) is 28.2 Å². The van der Waals surface area contributed by atoms with Crippen molar-refractivity contribution < 1.29 is 0 Å². The van der Waals surface area contributed by atoms with Crippen molar-refractivity contribution in [3.05, 3.63) is 69.1 Å². The average Bonchev–Trinajstić information content (AvgIpc) is 3.05. The SMILES string of the molecule is CC(C)Nc1nc(-c2ccc(Cl)cc2)c(-c2ccc(Cl)cc2)c2n[nH]c(=O)n12. The Bertz CT molecular complexity index is 1190. The van der Waals surface area contributed by atoms with E-state index in [1.165, 1.54) is 4.40 Å². The van der Waals surface area contributed by atoms with Crippen molar-refractivity contribution in [2.75, 3.05) is 5.32 Å². The predicted molar refractivity (Wildman–Crippen MR) is 113 cm³/mol. The summed E-state index contributed by atoms with van der Waals surface area (Å²) in [6.45, 7) is 3.96. The molecule has 4 aromatic rings. The van der Waals surface area contributed by atoms with Crippen molar-refractivity contribution in [2.45, 2.75) is 19.9 Å². The molecule has 0 atom stereocenters. The minimum absolute atomic E-state index is 0.0805. The van der Waals surface area contributed by atoms with Gasteiger partial charge in [0.05, 0.1) is 11.3 Å². The standard InChI is InChI=1S/C20H17Cl2N5O/c1-11(2)23-19-24-17(13-5-9-15(22)10-6-13)16(12-3-7-14(21)8-4-12)18-25-26-20(28)27(18)19/h3-11H,1-2H3,(H,23,24)(H,26,28). The highest BCUT2D eigenvalue weighted by Gasteiger charge is 2.20. The number of benzene rings is 2. The lowest BCUT2D eigenvalue weighted by molar-refractivity contribution is 0.859. The summed E-state index contributed by atoms with van der Waals surface area (Å²) in [5, 5.41) is 11.3. The van der Waals surface area contributed by atoms with Gasteiger partial charge >= 0.3 is 5.69 Å². The number of nitrogens with zero attached hydrogens (tertiary/aromatic N) is 3. The van der Waals surface area contributed by atoms with E-state index in [9.17, 15) is 4.79 Å². The minimum atomic E-state index is -0.358. The first-order valence-corrected chi connectivity index (χ1v) is 9.49. The Morgan fingerprint density at radius 3 is 2.11 bits per heavy atom. The minimum Gasteiger partial charge on any atom is -0.353 e. The Labute approximate surface area is 171 Å². The number of aromatic nitrogens is 4. The summed E-state index contributed by atoms with van der Waals surface area (Å²) in [4.78, 5) is 17.2. The van der Waals surface area contributed by atoms with E-state index in [-0.39, 0.29) is 11.7 Å². The third-order valence-corrected chi connectivity index (χ3v) is 4.73. The molecule has 0 saturated carbocycles. The van der Waals surface area contributed by atoms with Crippen LogP contribution in [0.25, 0.3) is 28.0 Å². The lowest BCUT2D eigenvalue weighted by Crippen LogP contribution is -2.20. The van der Waals surface area contributed by atoms with Crippen LogP contribution >= 0.6 is 23.2 Å². The number of halogens is 2. The summed E-state index contributed by atoms with van der Waals surface area (Å²) in [5.41, 5.74) is 3.25. The fraction of sp³-hybridized carbons (Fsp3) is 0.150. The van der Waals surface area contributed by atoms with Crippen LogP contribution in [-0.2, 0) is 0 Å². The molecule has 0 aliphatic carbocycles. The Hall–Kier alpha value is -2.83. The van der Waals surface area contributed by atoms with Gasteiger partial charge in [-0.25, -0.2) is 19.3 Å². The number of hydrogen-bond donors (Lipinski definition) is 2. The largest absolute Gasteiger partial charge is 0.353 e. The van der Waals surface area contributed by atoms with E-state index in [0.717, 1.165) is 16.7 Å². The number of nitrogens with one attached hydrogen (secondary N) is 2. The molecule has 0 radical (unpaired) electrons. The third-order valence-electron chi connectivity index (χ3n) is 4.23. The number of H-pyrrole nitrogens is 1. The molecule has 2 heterocycles. The maximum Gasteiger partial charge on any atom is 0.350 e. The number of hydrogen-bond acceptors (Lipinski definition) is 4. The topological polar surface area (TPSA) is 75.1 Å². The van der Waals surface area contributed by atoms with E-state index >= 15 is 0 Å². The molecule has 2 aromatic carbocycles. The van der Waals surface area contributed by atoms with Crippen LogP contribution in [-0.4, -0.2) is 25.6 Å². The van der Waals surface area contributed by atoms with Crippen molar-refractivity contribution in [3.8, 4) is 22.4 Å². The normalized spacial score (nSPS) is 11.3. The average molecular weight is 414 g/mol. The van der Waals surface area contributed by atoms with Gasteiger partial charge in [0.15, 0.2) is 5.65 Å². The lowest BCUT2D eigenvalue weighted by Gasteiger charge is -2.16. The fourth-order valence-electron chi connectivity index (χ4n) is 3.03. The quantitative estimate of drug-likeness (QED) is 0.499. The molecular weight excluding hydrogens is 397 g/mol. The van der Waals surface area contributed by atoms with Gasteiger partial charge in [-0.15, -0.1) is 0 Å². The van der Waals surface area contributed by atoms with Gasteiger partial charge < -0.3 is 5.32 Å². The first kappa shape index (κ1) is 18.5. The van der Waals surface area contributed by atoms with Crippen molar-refractivity contribution in [2.24, 2.45) is 0 Å². The zero-order valence-corrected chi connectivity index (χ0v) is 16.7. The van der Waals surface area contributed by atoms with Crippen molar-refractivity contribution >= 4 is 34.8 Å².